The van der Waals surface area contributed by atoms with Crippen LogP contribution in [0.1, 0.15) is 42.4 Å². The molecule has 1 N–H and O–H groups in total. The third-order valence-electron chi connectivity index (χ3n) is 1.90. The fourth-order valence-electron chi connectivity index (χ4n) is 1.24. The Kier molecular flexibility index (Phi) is 4.28. The van der Waals surface area contributed by atoms with Crippen molar-refractivity contribution < 1.29 is 19.4 Å². The molecule has 0 saturated heterocycles. The summed E-state index contributed by atoms with van der Waals surface area (Å²) in [6, 6.07) is 1.59. The van der Waals surface area contributed by atoms with E-state index in [1.54, 1.807) is 11.4 Å². The van der Waals surface area contributed by atoms with E-state index in [0.29, 0.717) is 6.42 Å². The summed E-state index contributed by atoms with van der Waals surface area (Å²) in [6.45, 7) is 5.45. The van der Waals surface area contributed by atoms with Crippen LogP contribution in [0.4, 0.5) is 0 Å². The highest BCUT2D eigenvalue weighted by Gasteiger charge is 2.16. The van der Waals surface area contributed by atoms with Crippen LogP contribution in [0.2, 0.25) is 0 Å². The molecule has 1 heterocycles. The summed E-state index contributed by atoms with van der Waals surface area (Å²) < 4.78 is 5.16. The number of carboxylic acid groups (broad SMARTS) is 1. The van der Waals surface area contributed by atoms with Crippen molar-refractivity contribution in [2.45, 2.75) is 39.2 Å². The van der Waals surface area contributed by atoms with Gasteiger partial charge in [0.2, 0.25) is 0 Å². The topological polar surface area (TPSA) is 63.6 Å². The zero-order chi connectivity index (χ0) is 13.1. The smallest absolute Gasteiger partial charge is 0.336 e. The first kappa shape index (κ1) is 13.7. The number of aromatic carboxylic acids is 1. The van der Waals surface area contributed by atoms with Crippen LogP contribution in [0.15, 0.2) is 11.4 Å². The standard InChI is InChI=1S/C12H16O4S/c1-12(2,3)16-10(13)5-4-9-6-8(7-17-9)11(14)15/h6-7H,4-5H2,1-3H3,(H,14,15). The van der Waals surface area contributed by atoms with Gasteiger partial charge in [-0.05, 0) is 33.3 Å². The number of thiophene rings is 1. The lowest BCUT2D eigenvalue weighted by Crippen LogP contribution is -2.23. The molecular weight excluding hydrogens is 240 g/mol. The van der Waals surface area contributed by atoms with Crippen molar-refractivity contribution >= 4 is 23.3 Å². The van der Waals surface area contributed by atoms with Crippen LogP contribution >= 0.6 is 11.3 Å². The van der Waals surface area contributed by atoms with Crippen LogP contribution in [0.3, 0.4) is 0 Å². The van der Waals surface area contributed by atoms with Gasteiger partial charge in [0.1, 0.15) is 5.60 Å². The number of aryl methyl sites for hydroxylation is 1. The second-order valence-electron chi connectivity index (χ2n) is 4.69. The summed E-state index contributed by atoms with van der Waals surface area (Å²) in [5.41, 5.74) is -0.201. The molecule has 94 valence electrons. The van der Waals surface area contributed by atoms with Crippen molar-refractivity contribution in [1.29, 1.82) is 0 Å². The van der Waals surface area contributed by atoms with Gasteiger partial charge < -0.3 is 9.84 Å². The third kappa shape index (κ3) is 4.99. The maximum atomic E-state index is 11.4. The molecule has 1 aromatic heterocycles. The summed E-state index contributed by atoms with van der Waals surface area (Å²) in [7, 11) is 0. The van der Waals surface area contributed by atoms with E-state index < -0.39 is 11.6 Å². The molecule has 0 spiro atoms. The molecule has 0 aliphatic rings. The van der Waals surface area contributed by atoms with E-state index in [0.717, 1.165) is 4.88 Å². The maximum Gasteiger partial charge on any atom is 0.336 e. The first-order chi connectivity index (χ1) is 7.78. The first-order valence-corrected chi connectivity index (χ1v) is 6.18. The number of rotatable bonds is 4. The number of ether oxygens (including phenoxy) is 1. The molecule has 0 saturated carbocycles. The van der Waals surface area contributed by atoms with Gasteiger partial charge in [-0.2, -0.15) is 0 Å². The summed E-state index contributed by atoms with van der Waals surface area (Å²) in [4.78, 5) is 23.0. The first-order valence-electron chi connectivity index (χ1n) is 5.30. The summed E-state index contributed by atoms with van der Waals surface area (Å²) in [5, 5.41) is 10.3. The Bertz CT molecular complexity index is 414. The number of carbonyl (C=O) groups excluding carboxylic acids is 1. The molecule has 0 aromatic carbocycles. The van der Waals surface area contributed by atoms with Gasteiger partial charge in [-0.1, -0.05) is 0 Å². The highest BCUT2D eigenvalue weighted by Crippen LogP contribution is 2.17. The molecule has 17 heavy (non-hydrogen) atoms. The van der Waals surface area contributed by atoms with Gasteiger partial charge in [0.05, 0.1) is 12.0 Å². The molecule has 0 bridgehead atoms. The van der Waals surface area contributed by atoms with Gasteiger partial charge >= 0.3 is 11.9 Å². The average Bonchev–Trinajstić information content (AvgIpc) is 2.60. The molecule has 0 aliphatic heterocycles. The molecule has 0 amide bonds. The van der Waals surface area contributed by atoms with Gasteiger partial charge in [0.25, 0.3) is 0 Å². The summed E-state index contributed by atoms with van der Waals surface area (Å²) in [6.07, 6.45) is 0.795. The minimum absolute atomic E-state index is 0.261. The molecule has 0 fully saturated rings. The normalized spacial score (nSPS) is 11.2. The number of hydrogen-bond acceptors (Lipinski definition) is 4. The predicted octanol–water partition coefficient (Wildman–Crippen LogP) is 2.72. The Labute approximate surface area is 104 Å². The molecule has 0 unspecified atom stereocenters. The molecule has 1 aromatic rings. The van der Waals surface area contributed by atoms with Crippen LogP contribution < -0.4 is 0 Å². The largest absolute Gasteiger partial charge is 0.478 e. The molecule has 0 atom stereocenters. The van der Waals surface area contributed by atoms with Crippen LogP contribution in [0, 0.1) is 0 Å². The number of hydrogen-bond donors (Lipinski definition) is 1. The predicted molar refractivity (Wildman–Crippen MR) is 65.4 cm³/mol. The highest BCUT2D eigenvalue weighted by atomic mass is 32.1. The molecule has 5 heteroatoms. The molecular formula is C12H16O4S. The lowest BCUT2D eigenvalue weighted by molar-refractivity contribution is -0.154. The van der Waals surface area contributed by atoms with Crippen molar-refractivity contribution in [3.63, 3.8) is 0 Å². The number of esters is 1. The molecule has 0 radical (unpaired) electrons. The fourth-order valence-corrected chi connectivity index (χ4v) is 2.10. The zero-order valence-corrected chi connectivity index (χ0v) is 11.0. The maximum absolute atomic E-state index is 11.4. The van der Waals surface area contributed by atoms with E-state index in [2.05, 4.69) is 0 Å². The minimum atomic E-state index is -0.940. The summed E-state index contributed by atoms with van der Waals surface area (Å²) >= 11 is 1.35. The van der Waals surface area contributed by atoms with Crippen LogP contribution in [0.5, 0.6) is 0 Å². The van der Waals surface area contributed by atoms with E-state index in [9.17, 15) is 9.59 Å². The lowest BCUT2D eigenvalue weighted by Gasteiger charge is -2.19. The van der Waals surface area contributed by atoms with Crippen molar-refractivity contribution in [3.8, 4) is 0 Å². The SMILES string of the molecule is CC(C)(C)OC(=O)CCc1cc(C(=O)O)cs1. The van der Waals surface area contributed by atoms with E-state index in [-0.39, 0.29) is 18.0 Å². The highest BCUT2D eigenvalue weighted by molar-refractivity contribution is 7.10. The third-order valence-corrected chi connectivity index (χ3v) is 2.89. The van der Waals surface area contributed by atoms with Crippen LogP contribution in [-0.4, -0.2) is 22.6 Å². The Balaban J connectivity index is 2.45. The average molecular weight is 256 g/mol. The molecule has 0 aliphatic carbocycles. The van der Waals surface area contributed by atoms with E-state index in [1.807, 2.05) is 20.8 Å². The molecule has 1 rings (SSSR count). The quantitative estimate of drug-likeness (QED) is 0.841. The minimum Gasteiger partial charge on any atom is -0.478 e. The zero-order valence-electron chi connectivity index (χ0n) is 10.1. The number of carboxylic acids is 1. The van der Waals surface area contributed by atoms with Gasteiger partial charge in [-0.3, -0.25) is 4.79 Å². The molecule has 4 nitrogen and oxygen atoms in total. The van der Waals surface area contributed by atoms with Gasteiger partial charge in [0.15, 0.2) is 0 Å². The second-order valence-corrected chi connectivity index (χ2v) is 5.69. The monoisotopic (exact) mass is 256 g/mol. The van der Waals surface area contributed by atoms with Crippen molar-refractivity contribution in [2.75, 3.05) is 0 Å². The van der Waals surface area contributed by atoms with E-state index >= 15 is 0 Å². The van der Waals surface area contributed by atoms with Gasteiger partial charge in [-0.25, -0.2) is 4.79 Å². The van der Waals surface area contributed by atoms with E-state index in [4.69, 9.17) is 9.84 Å². The Morgan fingerprint density at radius 1 is 1.41 bits per heavy atom. The Morgan fingerprint density at radius 3 is 2.53 bits per heavy atom. The van der Waals surface area contributed by atoms with Gasteiger partial charge in [0, 0.05) is 10.3 Å². The Morgan fingerprint density at radius 2 is 2.06 bits per heavy atom. The number of carbonyl (C=O) groups is 2. The Hall–Kier alpha value is -1.36. The summed E-state index contributed by atoms with van der Waals surface area (Å²) in [5.74, 6) is -1.20. The van der Waals surface area contributed by atoms with E-state index in [1.165, 1.54) is 11.3 Å². The second kappa shape index (κ2) is 5.31. The van der Waals surface area contributed by atoms with Gasteiger partial charge in [-0.15, -0.1) is 11.3 Å². The van der Waals surface area contributed by atoms with Crippen LogP contribution in [0.25, 0.3) is 0 Å². The van der Waals surface area contributed by atoms with Crippen LogP contribution in [-0.2, 0) is 16.0 Å². The van der Waals surface area contributed by atoms with Crippen molar-refractivity contribution in [2.24, 2.45) is 0 Å². The lowest BCUT2D eigenvalue weighted by atomic mass is 10.2. The van der Waals surface area contributed by atoms with Crippen molar-refractivity contribution in [3.05, 3.63) is 21.9 Å². The van der Waals surface area contributed by atoms with Crippen molar-refractivity contribution in [1.82, 2.24) is 0 Å². The fraction of sp³-hybridized carbons (Fsp3) is 0.500.